The van der Waals surface area contributed by atoms with Gasteiger partial charge in [-0.15, -0.1) is 0 Å². The molecule has 2 aliphatic rings. The van der Waals surface area contributed by atoms with Crippen LogP contribution in [-0.2, 0) is 4.79 Å². The first kappa shape index (κ1) is 19.1. The molecule has 27 heavy (non-hydrogen) atoms. The molecule has 1 aromatic rings. The van der Waals surface area contributed by atoms with Gasteiger partial charge in [0.2, 0.25) is 5.78 Å². The molecular formula is C22H26N2O3. The van der Waals surface area contributed by atoms with Crippen molar-refractivity contribution in [3.63, 3.8) is 0 Å². The second-order valence-electron chi connectivity index (χ2n) is 7.07. The molecule has 0 saturated heterocycles. The molecule has 2 unspecified atom stereocenters. The van der Waals surface area contributed by atoms with Gasteiger partial charge < -0.3 is 15.1 Å². The minimum Gasteiger partial charge on any atom is -0.503 e. The number of anilines is 1. The smallest absolute Gasteiger partial charge is 0.200 e. The summed E-state index contributed by atoms with van der Waals surface area (Å²) in [6.07, 6.45) is 9.97. The maximum absolute atomic E-state index is 11.8. The van der Waals surface area contributed by atoms with Gasteiger partial charge in [0.25, 0.3) is 0 Å². The minimum absolute atomic E-state index is 0.0905. The quantitative estimate of drug-likeness (QED) is 0.798. The van der Waals surface area contributed by atoms with Crippen LogP contribution in [0.1, 0.15) is 31.7 Å². The summed E-state index contributed by atoms with van der Waals surface area (Å²) < 4.78 is 0. The third-order valence-corrected chi connectivity index (χ3v) is 5.19. The standard InChI is InChI=1S/C22H26N2O3/c1-15-6-3-4-9-19(15)20(12-23-2)16-7-5-8-17(10-16)24-13-22(27)21(26)11-18(24)14-25/h4-5,7-10,12-13,15,18,25,27H,3,6,11,14H2,1-2H3/b20-19+,23-12?. The highest BCUT2D eigenvalue weighted by atomic mass is 16.3. The van der Waals surface area contributed by atoms with E-state index in [1.54, 1.807) is 11.9 Å². The predicted octanol–water partition coefficient (Wildman–Crippen LogP) is 3.67. The molecule has 2 N–H and O–H groups in total. The third kappa shape index (κ3) is 4.03. The normalized spacial score (nSPS) is 25.1. The first-order chi connectivity index (χ1) is 13.0. The highest BCUT2D eigenvalue weighted by molar-refractivity contribution is 6.12. The summed E-state index contributed by atoms with van der Waals surface area (Å²) in [5.41, 5.74) is 4.17. The second kappa shape index (κ2) is 8.35. The van der Waals surface area contributed by atoms with E-state index in [-0.39, 0.29) is 30.6 Å². The fourth-order valence-corrected chi connectivity index (χ4v) is 3.67. The minimum atomic E-state index is -0.381. The fraction of sp³-hybridized carbons (Fsp3) is 0.364. The summed E-state index contributed by atoms with van der Waals surface area (Å²) in [6, 6.07) is 7.53. The molecule has 142 valence electrons. The van der Waals surface area contributed by atoms with Gasteiger partial charge in [0, 0.05) is 30.9 Å². The lowest BCUT2D eigenvalue weighted by Crippen LogP contribution is -2.40. The molecule has 1 heterocycles. The Morgan fingerprint density at radius 2 is 2.22 bits per heavy atom. The SMILES string of the molecule is CN=C/C(=C1/C=CCCC1C)c1cccc(N2C=C(O)C(=O)CC2CO)c1. The number of carbonyl (C=O) groups excluding carboxylic acids is 1. The van der Waals surface area contributed by atoms with Crippen molar-refractivity contribution in [2.75, 3.05) is 18.6 Å². The van der Waals surface area contributed by atoms with Crippen molar-refractivity contribution in [3.05, 3.63) is 59.5 Å². The van der Waals surface area contributed by atoms with Gasteiger partial charge in [0.1, 0.15) is 0 Å². The van der Waals surface area contributed by atoms with Gasteiger partial charge in [-0.3, -0.25) is 9.79 Å². The van der Waals surface area contributed by atoms with E-state index in [2.05, 4.69) is 24.1 Å². The van der Waals surface area contributed by atoms with Gasteiger partial charge >= 0.3 is 0 Å². The molecule has 1 aromatic carbocycles. The Kier molecular flexibility index (Phi) is 5.91. The molecule has 1 aliphatic heterocycles. The summed E-state index contributed by atoms with van der Waals surface area (Å²) in [5, 5.41) is 19.6. The molecule has 0 fully saturated rings. The third-order valence-electron chi connectivity index (χ3n) is 5.19. The van der Waals surface area contributed by atoms with E-state index in [1.165, 1.54) is 11.8 Å². The number of aliphatic hydroxyl groups excluding tert-OH is 2. The number of benzene rings is 1. The Labute approximate surface area is 160 Å². The topological polar surface area (TPSA) is 73.1 Å². The Bertz CT molecular complexity index is 836. The van der Waals surface area contributed by atoms with Gasteiger partial charge in [-0.1, -0.05) is 31.2 Å². The largest absolute Gasteiger partial charge is 0.503 e. The van der Waals surface area contributed by atoms with E-state index in [0.29, 0.717) is 5.92 Å². The zero-order valence-electron chi connectivity index (χ0n) is 15.8. The Balaban J connectivity index is 2.06. The molecule has 5 heteroatoms. The Hall–Kier alpha value is -2.66. The van der Waals surface area contributed by atoms with Gasteiger partial charge in [0.15, 0.2) is 5.76 Å². The molecule has 3 rings (SSSR count). The average Bonchev–Trinajstić information content (AvgIpc) is 2.68. The number of aliphatic hydroxyl groups is 2. The van der Waals surface area contributed by atoms with E-state index < -0.39 is 0 Å². The van der Waals surface area contributed by atoms with Crippen LogP contribution in [0.3, 0.4) is 0 Å². The zero-order chi connectivity index (χ0) is 19.4. The number of nitrogens with zero attached hydrogens (tertiary/aromatic N) is 2. The maximum atomic E-state index is 11.8. The van der Waals surface area contributed by atoms with Crippen molar-refractivity contribution in [2.24, 2.45) is 10.9 Å². The first-order valence-electron chi connectivity index (χ1n) is 9.31. The van der Waals surface area contributed by atoms with Crippen LogP contribution in [0.25, 0.3) is 5.57 Å². The van der Waals surface area contributed by atoms with Crippen molar-refractivity contribution < 1.29 is 15.0 Å². The molecular weight excluding hydrogens is 340 g/mol. The van der Waals surface area contributed by atoms with E-state index >= 15 is 0 Å². The van der Waals surface area contributed by atoms with Gasteiger partial charge in [0.05, 0.1) is 18.8 Å². The average molecular weight is 366 g/mol. The lowest BCUT2D eigenvalue weighted by Gasteiger charge is -2.32. The number of allylic oxidation sites excluding steroid dienone is 5. The molecule has 0 radical (unpaired) electrons. The summed E-state index contributed by atoms with van der Waals surface area (Å²) in [6.45, 7) is 2.06. The van der Waals surface area contributed by atoms with Gasteiger partial charge in [-0.05, 0) is 42.0 Å². The van der Waals surface area contributed by atoms with E-state index in [0.717, 1.165) is 29.7 Å². The monoisotopic (exact) mass is 366 g/mol. The van der Waals surface area contributed by atoms with Crippen molar-refractivity contribution in [1.82, 2.24) is 0 Å². The van der Waals surface area contributed by atoms with Crippen molar-refractivity contribution in [3.8, 4) is 0 Å². The maximum Gasteiger partial charge on any atom is 0.200 e. The fourth-order valence-electron chi connectivity index (χ4n) is 3.67. The highest BCUT2D eigenvalue weighted by Crippen LogP contribution is 2.33. The Morgan fingerprint density at radius 1 is 1.41 bits per heavy atom. The summed E-state index contributed by atoms with van der Waals surface area (Å²) in [4.78, 5) is 17.8. The van der Waals surface area contributed by atoms with E-state index in [4.69, 9.17) is 0 Å². The van der Waals surface area contributed by atoms with E-state index in [9.17, 15) is 15.0 Å². The highest BCUT2D eigenvalue weighted by Gasteiger charge is 2.28. The molecule has 0 bridgehead atoms. The number of hydrogen-bond donors (Lipinski definition) is 2. The number of hydrogen-bond acceptors (Lipinski definition) is 5. The van der Waals surface area contributed by atoms with Crippen LogP contribution in [0.2, 0.25) is 0 Å². The number of carbonyl (C=O) groups is 1. The second-order valence-corrected chi connectivity index (χ2v) is 7.07. The summed E-state index contributed by atoms with van der Waals surface area (Å²) in [5.74, 6) is -0.167. The van der Waals surface area contributed by atoms with Crippen molar-refractivity contribution in [1.29, 1.82) is 0 Å². The van der Waals surface area contributed by atoms with Gasteiger partial charge in [-0.25, -0.2) is 0 Å². The van der Waals surface area contributed by atoms with Crippen molar-refractivity contribution in [2.45, 2.75) is 32.2 Å². The number of aliphatic imine (C=N–C) groups is 1. The van der Waals surface area contributed by atoms with Gasteiger partial charge in [-0.2, -0.15) is 0 Å². The molecule has 5 nitrogen and oxygen atoms in total. The lowest BCUT2D eigenvalue weighted by molar-refractivity contribution is -0.119. The van der Waals surface area contributed by atoms with E-state index in [1.807, 2.05) is 30.5 Å². The number of ketones is 1. The lowest BCUT2D eigenvalue weighted by atomic mass is 9.85. The van der Waals surface area contributed by atoms with Crippen LogP contribution in [-0.4, -0.2) is 41.9 Å². The Morgan fingerprint density at radius 3 is 2.93 bits per heavy atom. The van der Waals surface area contributed by atoms with Crippen LogP contribution >= 0.6 is 0 Å². The number of rotatable bonds is 4. The van der Waals surface area contributed by atoms with Crippen LogP contribution < -0.4 is 4.90 Å². The van der Waals surface area contributed by atoms with Crippen LogP contribution in [0.4, 0.5) is 5.69 Å². The zero-order valence-corrected chi connectivity index (χ0v) is 15.8. The molecule has 0 aromatic heterocycles. The summed E-state index contributed by atoms with van der Waals surface area (Å²) >= 11 is 0. The first-order valence-corrected chi connectivity index (χ1v) is 9.31. The number of Topliss-reactive ketones (excluding diaryl/α,β-unsaturated/α-hetero) is 1. The molecule has 0 amide bonds. The van der Waals surface area contributed by atoms with Crippen LogP contribution in [0.5, 0.6) is 0 Å². The molecule has 1 aliphatic carbocycles. The van der Waals surface area contributed by atoms with Crippen LogP contribution in [0, 0.1) is 5.92 Å². The van der Waals surface area contributed by atoms with Crippen molar-refractivity contribution >= 4 is 23.3 Å². The predicted molar refractivity (Wildman–Crippen MR) is 109 cm³/mol. The van der Waals surface area contributed by atoms with Crippen LogP contribution in [0.15, 0.2) is 58.9 Å². The molecule has 0 saturated carbocycles. The molecule has 0 spiro atoms. The summed E-state index contributed by atoms with van der Waals surface area (Å²) in [7, 11) is 1.76. The molecule has 2 atom stereocenters.